The highest BCUT2D eigenvalue weighted by atomic mass is 35.5. The fraction of sp³-hybridized carbons (Fsp3) is 0.167. The van der Waals surface area contributed by atoms with Gasteiger partial charge in [0.15, 0.2) is 17.0 Å². The van der Waals surface area contributed by atoms with Crippen molar-refractivity contribution in [2.24, 2.45) is 7.05 Å². The summed E-state index contributed by atoms with van der Waals surface area (Å²) in [4.78, 5) is 12.0. The lowest BCUT2D eigenvalue weighted by Gasteiger charge is -2.03. The molecule has 0 saturated heterocycles. The highest BCUT2D eigenvalue weighted by molar-refractivity contribution is 6.49. The molecule has 0 unspecified atom stereocenters. The van der Waals surface area contributed by atoms with Crippen LogP contribution in [0.2, 0.25) is 0 Å². The van der Waals surface area contributed by atoms with Crippen LogP contribution < -0.4 is 3.94 Å². The number of hydrogen-bond donors (Lipinski definition) is 0. The van der Waals surface area contributed by atoms with Gasteiger partial charge in [-0.25, -0.2) is 15.0 Å². The number of rotatable bonds is 1. The Kier molecular flexibility index (Phi) is 1.97. The Bertz CT molecular complexity index is 438. The molecule has 0 spiro atoms. The molecule has 0 aliphatic heterocycles. The van der Waals surface area contributed by atoms with E-state index in [1.165, 1.54) is 6.33 Å². The maximum Gasteiger partial charge on any atom is 0.190 e. The van der Waals surface area contributed by atoms with Gasteiger partial charge in [-0.2, -0.15) is 3.94 Å². The fourth-order valence-electron chi connectivity index (χ4n) is 1.06. The first kappa shape index (κ1) is 8.52. The highest BCUT2D eigenvalue weighted by Gasteiger charge is 2.11. The van der Waals surface area contributed by atoms with Crippen molar-refractivity contribution in [1.29, 1.82) is 0 Å². The molecule has 0 aliphatic carbocycles. The minimum Gasteiger partial charge on any atom is -0.318 e. The molecule has 68 valence electrons. The molecule has 0 bridgehead atoms. The van der Waals surface area contributed by atoms with Crippen LogP contribution in [0.4, 0.5) is 5.82 Å². The average Bonchev–Trinajstić information content (AvgIpc) is 2.48. The molecule has 2 heterocycles. The molecular weight excluding hydrogens is 213 g/mol. The number of anilines is 1. The lowest BCUT2D eigenvalue weighted by atomic mass is 10.5. The summed E-state index contributed by atoms with van der Waals surface area (Å²) in [6.45, 7) is 0. The first-order valence-corrected chi connectivity index (χ1v) is 4.11. The molecule has 0 N–H and O–H groups in total. The molecule has 0 fully saturated rings. The molecule has 7 heteroatoms. The van der Waals surface area contributed by atoms with Gasteiger partial charge >= 0.3 is 0 Å². The molecule has 2 aromatic heterocycles. The second-order valence-corrected chi connectivity index (χ2v) is 3.31. The Hall–Kier alpha value is -1.07. The monoisotopic (exact) mass is 217 g/mol. The van der Waals surface area contributed by atoms with Gasteiger partial charge in [-0.15, -0.1) is 0 Å². The molecule has 0 amide bonds. The van der Waals surface area contributed by atoms with E-state index in [4.69, 9.17) is 23.6 Å². The molecule has 0 radical (unpaired) electrons. The van der Waals surface area contributed by atoms with Crippen LogP contribution in [0.3, 0.4) is 0 Å². The molecular formula is C6H5Cl2N5. The van der Waals surface area contributed by atoms with Crippen molar-refractivity contribution in [3.63, 3.8) is 0 Å². The molecule has 0 atom stereocenters. The minimum absolute atomic E-state index is 0.383. The van der Waals surface area contributed by atoms with Crippen LogP contribution >= 0.6 is 23.6 Å². The lowest BCUT2D eigenvalue weighted by molar-refractivity contribution is 0.928. The van der Waals surface area contributed by atoms with E-state index < -0.39 is 0 Å². The summed E-state index contributed by atoms with van der Waals surface area (Å²) in [7, 11) is 1.83. The summed E-state index contributed by atoms with van der Waals surface area (Å²) in [5.41, 5.74) is 1.27. The summed E-state index contributed by atoms with van der Waals surface area (Å²) in [6.07, 6.45) is 3.01. The van der Waals surface area contributed by atoms with Crippen LogP contribution in [0.5, 0.6) is 0 Å². The van der Waals surface area contributed by atoms with Gasteiger partial charge in [0.1, 0.15) is 6.33 Å². The Morgan fingerprint density at radius 2 is 2.08 bits per heavy atom. The summed E-state index contributed by atoms with van der Waals surface area (Å²) in [5.74, 6) is 0.383. The van der Waals surface area contributed by atoms with Crippen LogP contribution in [0.25, 0.3) is 11.2 Å². The quantitative estimate of drug-likeness (QED) is 0.680. The van der Waals surface area contributed by atoms with E-state index in [-0.39, 0.29) is 0 Å². The molecule has 0 aliphatic rings. The smallest absolute Gasteiger partial charge is 0.190 e. The largest absolute Gasteiger partial charge is 0.318 e. The predicted molar refractivity (Wildman–Crippen MR) is 50.5 cm³/mol. The molecule has 0 saturated carbocycles. The van der Waals surface area contributed by atoms with E-state index in [1.54, 1.807) is 10.9 Å². The Labute approximate surface area is 84.1 Å². The minimum atomic E-state index is 0.383. The maximum absolute atomic E-state index is 5.55. The maximum atomic E-state index is 5.55. The van der Waals surface area contributed by atoms with Crippen molar-refractivity contribution in [3.05, 3.63) is 12.7 Å². The van der Waals surface area contributed by atoms with E-state index in [0.717, 1.165) is 3.94 Å². The van der Waals surface area contributed by atoms with Crippen LogP contribution in [-0.2, 0) is 7.05 Å². The molecule has 2 rings (SSSR count). The summed E-state index contributed by atoms with van der Waals surface area (Å²) in [6, 6.07) is 0. The zero-order valence-electron chi connectivity index (χ0n) is 6.65. The predicted octanol–water partition coefficient (Wildman–Crippen LogP) is 1.48. The number of hydrogen-bond acceptors (Lipinski definition) is 4. The van der Waals surface area contributed by atoms with E-state index in [1.807, 2.05) is 7.05 Å². The van der Waals surface area contributed by atoms with Crippen molar-refractivity contribution in [2.75, 3.05) is 3.94 Å². The topological polar surface area (TPSA) is 46.8 Å². The van der Waals surface area contributed by atoms with E-state index in [9.17, 15) is 0 Å². The van der Waals surface area contributed by atoms with Crippen LogP contribution in [-0.4, -0.2) is 19.5 Å². The van der Waals surface area contributed by atoms with Gasteiger partial charge in [-0.05, 0) is 0 Å². The molecule has 13 heavy (non-hydrogen) atoms. The van der Waals surface area contributed by atoms with Gasteiger partial charge in [0, 0.05) is 30.6 Å². The standard InChI is InChI=1S/C6H5Cl2N5/c1-12-3-11-4-5(12)9-2-10-6(4)13(7)8/h2-3H,1H3. The van der Waals surface area contributed by atoms with Gasteiger partial charge in [0.2, 0.25) is 0 Å². The molecule has 5 nitrogen and oxygen atoms in total. The number of fused-ring (bicyclic) bond motifs is 1. The normalized spacial score (nSPS) is 10.7. The zero-order valence-corrected chi connectivity index (χ0v) is 8.16. The number of nitrogens with zero attached hydrogens (tertiary/aromatic N) is 5. The van der Waals surface area contributed by atoms with Crippen molar-refractivity contribution < 1.29 is 0 Å². The Morgan fingerprint density at radius 3 is 2.77 bits per heavy atom. The first-order chi connectivity index (χ1) is 6.20. The average molecular weight is 218 g/mol. The third-order valence-electron chi connectivity index (χ3n) is 1.64. The van der Waals surface area contributed by atoms with Crippen molar-refractivity contribution in [1.82, 2.24) is 19.5 Å². The van der Waals surface area contributed by atoms with Crippen LogP contribution in [0, 0.1) is 0 Å². The zero-order chi connectivity index (χ0) is 9.42. The van der Waals surface area contributed by atoms with Crippen molar-refractivity contribution in [3.8, 4) is 0 Å². The summed E-state index contributed by atoms with van der Waals surface area (Å²) >= 11 is 11.1. The molecule has 2 aromatic rings. The van der Waals surface area contributed by atoms with Gasteiger partial charge in [-0.3, -0.25) is 0 Å². The molecule has 0 aromatic carbocycles. The second kappa shape index (κ2) is 3.01. The van der Waals surface area contributed by atoms with Gasteiger partial charge < -0.3 is 4.57 Å². The number of aryl methyl sites for hydroxylation is 1. The summed E-state index contributed by atoms with van der Waals surface area (Å²) in [5, 5.41) is 0. The van der Waals surface area contributed by atoms with E-state index in [0.29, 0.717) is 17.0 Å². The van der Waals surface area contributed by atoms with Crippen LogP contribution in [0.15, 0.2) is 12.7 Å². The summed E-state index contributed by atoms with van der Waals surface area (Å²) < 4.78 is 2.63. The number of imidazole rings is 1. The second-order valence-electron chi connectivity index (χ2n) is 2.46. The third kappa shape index (κ3) is 1.30. The highest BCUT2D eigenvalue weighted by Crippen LogP contribution is 2.23. The number of aromatic nitrogens is 4. The SMILES string of the molecule is Cn1cnc2c(N(Cl)Cl)ncnc21. The van der Waals surface area contributed by atoms with Gasteiger partial charge in [0.05, 0.1) is 6.33 Å². The van der Waals surface area contributed by atoms with Gasteiger partial charge in [0.25, 0.3) is 0 Å². The van der Waals surface area contributed by atoms with E-state index in [2.05, 4.69) is 15.0 Å². The van der Waals surface area contributed by atoms with Crippen molar-refractivity contribution >= 4 is 40.5 Å². The lowest BCUT2D eigenvalue weighted by Crippen LogP contribution is -1.98. The van der Waals surface area contributed by atoms with Gasteiger partial charge in [-0.1, -0.05) is 0 Å². The van der Waals surface area contributed by atoms with Crippen molar-refractivity contribution in [2.45, 2.75) is 0 Å². The van der Waals surface area contributed by atoms with E-state index >= 15 is 0 Å². The Balaban J connectivity index is 2.77. The first-order valence-electron chi connectivity index (χ1n) is 3.44. The Morgan fingerprint density at radius 1 is 1.31 bits per heavy atom. The third-order valence-corrected chi connectivity index (χ3v) is 1.96. The fourth-order valence-corrected chi connectivity index (χ4v) is 1.30. The number of halogens is 2. The van der Waals surface area contributed by atoms with Crippen LogP contribution in [0.1, 0.15) is 0 Å².